The van der Waals surface area contributed by atoms with Crippen LogP contribution in [0, 0.1) is 0 Å². The quantitative estimate of drug-likeness (QED) is 0.804. The van der Waals surface area contributed by atoms with Gasteiger partial charge in [-0.1, -0.05) is 48.5 Å². The number of rotatable bonds is 4. The SMILES string of the molecule is O=C(NNC=Cc1ccccc1)c1ccccc1. The molecule has 0 aliphatic carbocycles. The summed E-state index contributed by atoms with van der Waals surface area (Å²) in [5.41, 5.74) is 7.04. The molecular formula is C15H14N2O. The Morgan fingerprint density at radius 1 is 0.889 bits per heavy atom. The lowest BCUT2D eigenvalue weighted by Crippen LogP contribution is -2.33. The third-order valence-electron chi connectivity index (χ3n) is 2.38. The van der Waals surface area contributed by atoms with Crippen LogP contribution in [0.2, 0.25) is 0 Å². The zero-order valence-corrected chi connectivity index (χ0v) is 9.84. The van der Waals surface area contributed by atoms with Gasteiger partial charge >= 0.3 is 0 Å². The highest BCUT2D eigenvalue weighted by atomic mass is 16.2. The zero-order chi connectivity index (χ0) is 12.6. The highest BCUT2D eigenvalue weighted by Crippen LogP contribution is 1.99. The van der Waals surface area contributed by atoms with E-state index in [2.05, 4.69) is 10.9 Å². The number of hydrogen-bond acceptors (Lipinski definition) is 2. The van der Waals surface area contributed by atoms with Crippen molar-refractivity contribution in [2.45, 2.75) is 0 Å². The van der Waals surface area contributed by atoms with Crippen LogP contribution < -0.4 is 10.9 Å². The van der Waals surface area contributed by atoms with Crippen LogP contribution in [0.1, 0.15) is 15.9 Å². The largest absolute Gasteiger partial charge is 0.306 e. The zero-order valence-electron chi connectivity index (χ0n) is 9.84. The van der Waals surface area contributed by atoms with Gasteiger partial charge in [-0.25, -0.2) is 0 Å². The molecule has 0 aliphatic rings. The van der Waals surface area contributed by atoms with Crippen LogP contribution in [0.25, 0.3) is 6.08 Å². The van der Waals surface area contributed by atoms with Crippen molar-refractivity contribution >= 4 is 12.0 Å². The van der Waals surface area contributed by atoms with Gasteiger partial charge in [-0.15, -0.1) is 0 Å². The first-order chi connectivity index (χ1) is 8.86. The average molecular weight is 238 g/mol. The summed E-state index contributed by atoms with van der Waals surface area (Å²) in [6.07, 6.45) is 3.57. The number of nitrogens with one attached hydrogen (secondary N) is 2. The van der Waals surface area contributed by atoms with Gasteiger partial charge in [0.2, 0.25) is 0 Å². The summed E-state index contributed by atoms with van der Waals surface area (Å²) < 4.78 is 0. The molecule has 0 saturated heterocycles. The van der Waals surface area contributed by atoms with Gasteiger partial charge in [-0.2, -0.15) is 0 Å². The van der Waals surface area contributed by atoms with Gasteiger partial charge in [0.15, 0.2) is 0 Å². The van der Waals surface area contributed by atoms with E-state index in [0.717, 1.165) is 5.56 Å². The van der Waals surface area contributed by atoms with E-state index in [4.69, 9.17) is 0 Å². The van der Waals surface area contributed by atoms with Gasteiger partial charge < -0.3 is 5.43 Å². The summed E-state index contributed by atoms with van der Waals surface area (Å²) in [6, 6.07) is 18.9. The van der Waals surface area contributed by atoms with Gasteiger partial charge in [-0.05, 0) is 23.8 Å². The maximum absolute atomic E-state index is 11.6. The summed E-state index contributed by atoms with van der Waals surface area (Å²) in [5.74, 6) is -0.159. The molecule has 0 spiro atoms. The third-order valence-corrected chi connectivity index (χ3v) is 2.38. The number of amides is 1. The summed E-state index contributed by atoms with van der Waals surface area (Å²) in [6.45, 7) is 0. The Morgan fingerprint density at radius 3 is 2.17 bits per heavy atom. The fraction of sp³-hybridized carbons (Fsp3) is 0. The van der Waals surface area contributed by atoms with Crippen LogP contribution in [0.5, 0.6) is 0 Å². The predicted octanol–water partition coefficient (Wildman–Crippen LogP) is 2.59. The number of hydrazine groups is 1. The van der Waals surface area contributed by atoms with Crippen molar-refractivity contribution in [2.24, 2.45) is 0 Å². The number of carbonyl (C=O) groups is 1. The van der Waals surface area contributed by atoms with E-state index in [1.807, 2.05) is 54.6 Å². The minimum Gasteiger partial charge on any atom is -0.306 e. The number of benzene rings is 2. The highest BCUT2D eigenvalue weighted by Gasteiger charge is 2.00. The van der Waals surface area contributed by atoms with Crippen molar-refractivity contribution in [3.05, 3.63) is 78.0 Å². The monoisotopic (exact) mass is 238 g/mol. The molecule has 1 amide bonds. The third kappa shape index (κ3) is 3.49. The van der Waals surface area contributed by atoms with E-state index >= 15 is 0 Å². The van der Waals surface area contributed by atoms with Crippen LogP contribution in [-0.2, 0) is 0 Å². The minimum absolute atomic E-state index is 0.159. The van der Waals surface area contributed by atoms with Crippen LogP contribution in [-0.4, -0.2) is 5.91 Å². The Bertz CT molecular complexity index is 521. The Kier molecular flexibility index (Phi) is 4.14. The molecule has 2 N–H and O–H groups in total. The van der Waals surface area contributed by atoms with Gasteiger partial charge in [0.1, 0.15) is 0 Å². The second-order valence-corrected chi connectivity index (χ2v) is 3.71. The van der Waals surface area contributed by atoms with E-state index < -0.39 is 0 Å². The Balaban J connectivity index is 1.83. The fourth-order valence-corrected chi connectivity index (χ4v) is 1.47. The van der Waals surface area contributed by atoms with Crippen molar-refractivity contribution < 1.29 is 4.79 Å². The van der Waals surface area contributed by atoms with Gasteiger partial charge in [-0.3, -0.25) is 10.2 Å². The lowest BCUT2D eigenvalue weighted by Gasteiger charge is -2.03. The number of hydrogen-bond donors (Lipinski definition) is 2. The summed E-state index contributed by atoms with van der Waals surface area (Å²) in [5, 5.41) is 0. The molecule has 3 heteroatoms. The molecular weight excluding hydrogens is 224 g/mol. The molecule has 0 bridgehead atoms. The minimum atomic E-state index is -0.159. The molecule has 2 aromatic carbocycles. The Labute approximate surface area is 106 Å². The average Bonchev–Trinajstić information content (AvgIpc) is 2.45. The van der Waals surface area contributed by atoms with Crippen molar-refractivity contribution in [3.8, 4) is 0 Å². The van der Waals surface area contributed by atoms with Crippen LogP contribution in [0.4, 0.5) is 0 Å². The van der Waals surface area contributed by atoms with E-state index in [-0.39, 0.29) is 5.91 Å². The molecule has 3 nitrogen and oxygen atoms in total. The molecule has 18 heavy (non-hydrogen) atoms. The Hall–Kier alpha value is -2.55. The van der Waals surface area contributed by atoms with E-state index in [1.54, 1.807) is 18.3 Å². The van der Waals surface area contributed by atoms with Crippen LogP contribution in [0.15, 0.2) is 66.9 Å². The fourth-order valence-electron chi connectivity index (χ4n) is 1.47. The molecule has 0 unspecified atom stereocenters. The first-order valence-electron chi connectivity index (χ1n) is 5.69. The molecule has 2 aromatic rings. The first-order valence-corrected chi connectivity index (χ1v) is 5.69. The highest BCUT2D eigenvalue weighted by molar-refractivity contribution is 5.93. The molecule has 0 radical (unpaired) electrons. The van der Waals surface area contributed by atoms with Gasteiger partial charge in [0, 0.05) is 11.8 Å². The lowest BCUT2D eigenvalue weighted by atomic mass is 10.2. The van der Waals surface area contributed by atoms with Crippen LogP contribution in [0.3, 0.4) is 0 Å². The van der Waals surface area contributed by atoms with E-state index in [1.165, 1.54) is 0 Å². The predicted molar refractivity (Wildman–Crippen MR) is 72.5 cm³/mol. The molecule has 0 aromatic heterocycles. The molecule has 0 fully saturated rings. The van der Waals surface area contributed by atoms with Gasteiger partial charge in [0.05, 0.1) is 0 Å². The molecule has 90 valence electrons. The second kappa shape index (κ2) is 6.25. The second-order valence-electron chi connectivity index (χ2n) is 3.71. The smallest absolute Gasteiger partial charge is 0.269 e. The van der Waals surface area contributed by atoms with Crippen LogP contribution >= 0.6 is 0 Å². The molecule has 0 saturated carbocycles. The molecule has 2 rings (SSSR count). The maximum Gasteiger partial charge on any atom is 0.269 e. The van der Waals surface area contributed by atoms with Crippen molar-refractivity contribution in [1.82, 2.24) is 10.9 Å². The van der Waals surface area contributed by atoms with Crippen molar-refractivity contribution in [1.29, 1.82) is 0 Å². The summed E-state index contributed by atoms with van der Waals surface area (Å²) in [4.78, 5) is 11.6. The molecule has 0 heterocycles. The topological polar surface area (TPSA) is 41.1 Å². The Morgan fingerprint density at radius 2 is 1.50 bits per heavy atom. The standard InChI is InChI=1S/C15H14N2O/c18-15(14-9-5-2-6-10-14)17-16-12-11-13-7-3-1-4-8-13/h1-12,16H,(H,17,18). The van der Waals surface area contributed by atoms with Gasteiger partial charge in [0.25, 0.3) is 5.91 Å². The molecule has 0 aliphatic heterocycles. The van der Waals surface area contributed by atoms with Crippen molar-refractivity contribution in [2.75, 3.05) is 0 Å². The summed E-state index contributed by atoms with van der Waals surface area (Å²) in [7, 11) is 0. The maximum atomic E-state index is 11.6. The molecule has 0 atom stereocenters. The van der Waals surface area contributed by atoms with E-state index in [9.17, 15) is 4.79 Å². The normalized spacial score (nSPS) is 10.2. The number of carbonyl (C=O) groups excluding carboxylic acids is 1. The first kappa shape index (κ1) is 11.9. The lowest BCUT2D eigenvalue weighted by molar-refractivity contribution is 0.0941. The van der Waals surface area contributed by atoms with E-state index in [0.29, 0.717) is 5.56 Å². The summed E-state index contributed by atoms with van der Waals surface area (Å²) >= 11 is 0. The van der Waals surface area contributed by atoms with Crippen molar-refractivity contribution in [3.63, 3.8) is 0 Å².